The summed E-state index contributed by atoms with van der Waals surface area (Å²) in [4.78, 5) is 46.4. The number of amides is 2. The Morgan fingerprint density at radius 2 is 1.27 bits per heavy atom. The van der Waals surface area contributed by atoms with E-state index in [1.807, 2.05) is 60.7 Å². The molecule has 254 valence electrons. The monoisotopic (exact) mass is 706 g/mol. The maximum atomic E-state index is 12.0. The molecule has 20 heteroatoms. The quantitative estimate of drug-likeness (QED) is 0.0939. The number of guanidine groups is 1. The number of rotatable bonds is 5. The third-order valence-electron chi connectivity index (χ3n) is 5.78. The molecule has 3 heterocycles. The summed E-state index contributed by atoms with van der Waals surface area (Å²) in [5, 5.41) is 5.93. The van der Waals surface area contributed by atoms with Crippen LogP contribution in [0.2, 0.25) is 10.3 Å². The topological polar surface area (TPSA) is 322 Å². The first-order chi connectivity index (χ1) is 23.4. The van der Waals surface area contributed by atoms with Gasteiger partial charge in [-0.25, -0.2) is 29.6 Å². The number of halogens is 2. The lowest BCUT2D eigenvalue weighted by Gasteiger charge is -2.07. The summed E-state index contributed by atoms with van der Waals surface area (Å²) < 4.78 is 1.21. The summed E-state index contributed by atoms with van der Waals surface area (Å²) in [5.74, 6) is -2.10. The lowest BCUT2D eigenvalue weighted by atomic mass is 10.2. The zero-order valence-corrected chi connectivity index (χ0v) is 27.1. The van der Waals surface area contributed by atoms with Gasteiger partial charge in [-0.3, -0.25) is 14.9 Å². The van der Waals surface area contributed by atoms with Gasteiger partial charge >= 0.3 is 5.91 Å². The van der Waals surface area contributed by atoms with Gasteiger partial charge in [0.25, 0.3) is 5.91 Å². The number of nitrogens with one attached hydrogen (secondary N) is 1. The average molecular weight is 708 g/mol. The molecule has 2 amide bonds. The van der Waals surface area contributed by atoms with Crippen LogP contribution in [-0.4, -0.2) is 53.4 Å². The first-order valence-corrected chi connectivity index (χ1v) is 14.6. The van der Waals surface area contributed by atoms with Gasteiger partial charge in [0.2, 0.25) is 5.96 Å². The van der Waals surface area contributed by atoms with Gasteiger partial charge in [0, 0.05) is 18.9 Å². The number of hydrogen-bond donors (Lipinski definition) is 8. The molecule has 0 radical (unpaired) electrons. The van der Waals surface area contributed by atoms with E-state index in [1.54, 1.807) is 6.07 Å². The number of carbonyl (C=O) groups excluding carboxylic acids is 2. The smallest absolute Gasteiger partial charge is 0.302 e. The molecule has 0 atom stereocenters. The van der Waals surface area contributed by atoms with Crippen LogP contribution >= 0.6 is 23.2 Å². The molecular weight excluding hydrogens is 675 g/mol. The highest BCUT2D eigenvalue weighted by atomic mass is 35.5. The van der Waals surface area contributed by atoms with Gasteiger partial charge in [0.05, 0.1) is 6.54 Å². The van der Waals surface area contributed by atoms with Crippen molar-refractivity contribution < 1.29 is 9.59 Å². The molecule has 0 saturated carbocycles. The minimum absolute atomic E-state index is 0.0542. The number of anilines is 4. The molecule has 49 heavy (non-hydrogen) atoms. The molecule has 18 nitrogen and oxygen atoms in total. The molecule has 0 aliphatic heterocycles. The second-order valence-corrected chi connectivity index (χ2v) is 10.0. The minimum atomic E-state index is -0.792. The third-order valence-corrected chi connectivity index (χ3v) is 6.33. The van der Waals surface area contributed by atoms with Crippen LogP contribution in [0.1, 0.15) is 32.1 Å². The van der Waals surface area contributed by atoms with Crippen molar-refractivity contribution in [2.24, 2.45) is 27.2 Å². The van der Waals surface area contributed by atoms with E-state index < -0.39 is 11.8 Å². The fraction of sp³-hybridized carbons (Fsp3) is 0.0690. The van der Waals surface area contributed by atoms with E-state index in [1.165, 1.54) is 22.6 Å². The number of nitrogens with two attached hydrogens (primary N) is 7. The SMILES string of the molecule is NC(=NC(=O)c1nc(Cl)c(N)nc1N)n1cccn1.NC(=NCc1ccccc1)NC(=O)c1nc(Cl)c(N)nc1N.NCc1ccccc1. The Kier molecular flexibility index (Phi) is 13.7. The maximum Gasteiger partial charge on any atom is 0.302 e. The average Bonchev–Trinajstić information content (AvgIpc) is 3.64. The summed E-state index contributed by atoms with van der Waals surface area (Å²) in [5.41, 5.74) is 40.3. The fourth-order valence-electron chi connectivity index (χ4n) is 3.41. The van der Waals surface area contributed by atoms with E-state index in [2.05, 4.69) is 40.3 Å². The Morgan fingerprint density at radius 1 is 0.735 bits per heavy atom. The lowest BCUT2D eigenvalue weighted by Crippen LogP contribution is -2.37. The Labute approximate surface area is 289 Å². The number of carbonyl (C=O) groups is 2. The molecule has 0 saturated heterocycles. The van der Waals surface area contributed by atoms with Crippen LogP contribution in [0.15, 0.2) is 89.1 Å². The first kappa shape index (κ1) is 37.1. The van der Waals surface area contributed by atoms with E-state index in [0.29, 0.717) is 13.1 Å². The maximum absolute atomic E-state index is 12.0. The highest BCUT2D eigenvalue weighted by Crippen LogP contribution is 2.18. The van der Waals surface area contributed by atoms with Gasteiger partial charge in [0.1, 0.15) is 0 Å². The number of aliphatic imine (C=N–C) groups is 2. The van der Waals surface area contributed by atoms with E-state index >= 15 is 0 Å². The lowest BCUT2D eigenvalue weighted by molar-refractivity contribution is 0.0970. The normalized spacial score (nSPS) is 11.0. The second kappa shape index (κ2) is 18.1. The van der Waals surface area contributed by atoms with Gasteiger partial charge in [0.15, 0.2) is 50.9 Å². The van der Waals surface area contributed by atoms with Crippen LogP contribution in [0.25, 0.3) is 0 Å². The molecule has 5 aromatic rings. The molecule has 15 N–H and O–H groups in total. The molecule has 2 aromatic carbocycles. The molecule has 0 bridgehead atoms. The zero-order chi connectivity index (χ0) is 35.9. The summed E-state index contributed by atoms with van der Waals surface area (Å²) in [6.07, 6.45) is 3.01. The van der Waals surface area contributed by atoms with E-state index in [4.69, 9.17) is 63.3 Å². The summed E-state index contributed by atoms with van der Waals surface area (Å²) in [6.45, 7) is 0.970. The van der Waals surface area contributed by atoms with Crippen molar-refractivity contribution in [2.75, 3.05) is 22.9 Å². The molecular formula is C29H32Cl2N16O2. The zero-order valence-electron chi connectivity index (χ0n) is 25.6. The van der Waals surface area contributed by atoms with Gasteiger partial charge < -0.3 is 40.1 Å². The van der Waals surface area contributed by atoms with E-state index in [9.17, 15) is 9.59 Å². The summed E-state index contributed by atoms with van der Waals surface area (Å²) in [6, 6.07) is 21.1. The highest BCUT2D eigenvalue weighted by molar-refractivity contribution is 6.32. The third kappa shape index (κ3) is 11.4. The molecule has 0 aliphatic rings. The van der Waals surface area contributed by atoms with Crippen molar-refractivity contribution in [3.63, 3.8) is 0 Å². The Hall–Kier alpha value is -6.37. The van der Waals surface area contributed by atoms with Gasteiger partial charge in [-0.15, -0.1) is 0 Å². The van der Waals surface area contributed by atoms with Crippen molar-refractivity contribution in [1.29, 1.82) is 0 Å². The predicted octanol–water partition coefficient (Wildman–Crippen LogP) is 1.18. The standard InChI is InChI=1S/C13H14ClN7O.C9H9ClN8O.C7H9N/c14-9-11(16)20-10(15)8(19-9)12(22)21-13(17)18-6-7-4-2-1-3-5-7;10-5-7(12)16-6(11)4(15-5)8(19)17-9(13)18-3-1-2-14-18;8-6-7-4-2-1-3-5-7/h1-5H,6H2,(H4,15,16,20)(H3,17,18,21,22);1-3H,(H4,11,12,16)(H2,13,17,19);1-5H,6,8H2. The first-order valence-electron chi connectivity index (χ1n) is 13.8. The van der Waals surface area contributed by atoms with Crippen molar-refractivity contribution >= 4 is 70.2 Å². The largest absolute Gasteiger partial charge is 0.382 e. The molecule has 0 unspecified atom stereocenters. The number of nitrogens with zero attached hydrogens (tertiary/aromatic N) is 8. The van der Waals surface area contributed by atoms with Gasteiger partial charge in [-0.05, 0) is 17.2 Å². The number of nitrogen functional groups attached to an aromatic ring is 4. The van der Waals surface area contributed by atoms with Crippen LogP contribution in [0, 0.1) is 0 Å². The van der Waals surface area contributed by atoms with E-state index in [0.717, 1.165) is 5.56 Å². The molecule has 3 aromatic heterocycles. The van der Waals surface area contributed by atoms with Crippen molar-refractivity contribution in [1.82, 2.24) is 35.0 Å². The van der Waals surface area contributed by atoms with Crippen LogP contribution in [0.5, 0.6) is 0 Å². The van der Waals surface area contributed by atoms with Crippen LogP contribution in [0.3, 0.4) is 0 Å². The summed E-state index contributed by atoms with van der Waals surface area (Å²) >= 11 is 11.4. The molecule has 0 aliphatic carbocycles. The Morgan fingerprint density at radius 3 is 1.78 bits per heavy atom. The number of benzene rings is 2. The highest BCUT2D eigenvalue weighted by Gasteiger charge is 2.17. The fourth-order valence-corrected chi connectivity index (χ4v) is 3.66. The minimum Gasteiger partial charge on any atom is -0.382 e. The Bertz CT molecular complexity index is 1920. The van der Waals surface area contributed by atoms with Crippen molar-refractivity contribution in [2.45, 2.75) is 13.1 Å². The number of hydrogen-bond acceptors (Lipinski definition) is 13. The van der Waals surface area contributed by atoms with Gasteiger partial charge in [-0.2, -0.15) is 10.1 Å². The van der Waals surface area contributed by atoms with Crippen molar-refractivity contribution in [3.05, 3.63) is 112 Å². The summed E-state index contributed by atoms with van der Waals surface area (Å²) in [7, 11) is 0. The molecule has 5 rings (SSSR count). The van der Waals surface area contributed by atoms with Crippen LogP contribution in [-0.2, 0) is 13.1 Å². The second-order valence-electron chi connectivity index (χ2n) is 9.32. The number of aromatic nitrogens is 6. The van der Waals surface area contributed by atoms with Crippen LogP contribution in [0.4, 0.5) is 23.3 Å². The van der Waals surface area contributed by atoms with Crippen LogP contribution < -0.4 is 45.5 Å². The predicted molar refractivity (Wildman–Crippen MR) is 189 cm³/mol. The Balaban J connectivity index is 0.000000218. The molecule has 0 spiro atoms. The van der Waals surface area contributed by atoms with E-state index in [-0.39, 0.29) is 56.9 Å². The van der Waals surface area contributed by atoms with Crippen molar-refractivity contribution in [3.8, 4) is 0 Å². The molecule has 0 fully saturated rings. The van der Waals surface area contributed by atoms with Gasteiger partial charge in [-0.1, -0.05) is 83.9 Å².